The molecule has 4 rings (SSSR count). The maximum Gasteiger partial charge on any atom is 0.260 e. The molecule has 1 aliphatic rings. The molecular formula is C23H21F3N2O3. The maximum absolute atomic E-state index is 13.7. The maximum atomic E-state index is 13.7. The smallest absolute Gasteiger partial charge is 0.260 e. The van der Waals surface area contributed by atoms with Crippen molar-refractivity contribution < 1.29 is 27.1 Å². The highest BCUT2D eigenvalue weighted by Crippen LogP contribution is 2.27. The van der Waals surface area contributed by atoms with E-state index in [1.807, 2.05) is 6.07 Å². The predicted octanol–water partition coefficient (Wildman–Crippen LogP) is 4.47. The first-order valence-electron chi connectivity index (χ1n) is 10.0. The highest BCUT2D eigenvalue weighted by molar-refractivity contribution is 5.78. The van der Waals surface area contributed by atoms with Crippen LogP contribution < -0.4 is 4.74 Å². The fourth-order valence-corrected chi connectivity index (χ4v) is 3.67. The van der Waals surface area contributed by atoms with Crippen LogP contribution in [0.25, 0.3) is 0 Å². The van der Waals surface area contributed by atoms with Crippen LogP contribution in [0.1, 0.15) is 36.0 Å². The number of ether oxygens (including phenoxy) is 1. The molecule has 31 heavy (non-hydrogen) atoms. The van der Waals surface area contributed by atoms with Crippen LogP contribution in [0.5, 0.6) is 5.75 Å². The van der Waals surface area contributed by atoms with Gasteiger partial charge in [0.1, 0.15) is 17.4 Å². The molecule has 0 spiro atoms. The summed E-state index contributed by atoms with van der Waals surface area (Å²) < 4.78 is 51.1. The zero-order valence-corrected chi connectivity index (χ0v) is 16.7. The highest BCUT2D eigenvalue weighted by atomic mass is 19.1. The molecular weight excluding hydrogens is 409 g/mol. The number of likely N-dealkylation sites (tertiary alicyclic amines) is 1. The molecule has 0 bridgehead atoms. The summed E-state index contributed by atoms with van der Waals surface area (Å²) in [6.45, 7) is 0.626. The van der Waals surface area contributed by atoms with E-state index in [9.17, 15) is 18.0 Å². The van der Waals surface area contributed by atoms with Crippen molar-refractivity contribution in [2.24, 2.45) is 0 Å². The number of nitrogens with zero attached hydrogens (tertiary/aromatic N) is 2. The van der Waals surface area contributed by atoms with Gasteiger partial charge in [0, 0.05) is 25.6 Å². The quantitative estimate of drug-likeness (QED) is 0.579. The molecule has 2 aromatic carbocycles. The van der Waals surface area contributed by atoms with Gasteiger partial charge < -0.3 is 14.1 Å². The molecule has 1 amide bonds. The van der Waals surface area contributed by atoms with E-state index in [1.165, 1.54) is 12.1 Å². The first kappa shape index (κ1) is 21.0. The summed E-state index contributed by atoms with van der Waals surface area (Å²) in [5.41, 5.74) is 0.785. The fraction of sp³-hybridized carbons (Fsp3) is 0.304. The Kier molecular flexibility index (Phi) is 6.25. The van der Waals surface area contributed by atoms with Gasteiger partial charge in [0.2, 0.25) is 0 Å². The number of amides is 1. The molecule has 0 N–H and O–H groups in total. The van der Waals surface area contributed by atoms with Gasteiger partial charge in [-0.1, -0.05) is 12.1 Å². The van der Waals surface area contributed by atoms with Crippen molar-refractivity contribution in [3.8, 4) is 5.75 Å². The molecule has 162 valence electrons. The standard InChI is InChI=1S/C23H21F3N2O3/c24-17-5-1-3-15(9-17)10-19-12-27-23(31-19)16-4-2-8-28(13-16)22(29)14-30-21-7-6-18(25)11-20(21)26/h1,3,5-7,9,11-12,16H,2,4,8,10,13-14H2/t16-/m0/s1. The van der Waals surface area contributed by atoms with Gasteiger partial charge >= 0.3 is 0 Å². The van der Waals surface area contributed by atoms with Crippen LogP contribution in [0.2, 0.25) is 0 Å². The Morgan fingerprint density at radius 2 is 2.00 bits per heavy atom. The largest absolute Gasteiger partial charge is 0.481 e. The van der Waals surface area contributed by atoms with Crippen molar-refractivity contribution in [2.75, 3.05) is 19.7 Å². The number of rotatable bonds is 6. The second kappa shape index (κ2) is 9.24. The molecule has 0 aliphatic carbocycles. The zero-order chi connectivity index (χ0) is 21.8. The van der Waals surface area contributed by atoms with Gasteiger partial charge in [-0.05, 0) is 42.7 Å². The van der Waals surface area contributed by atoms with Crippen LogP contribution in [0.4, 0.5) is 13.2 Å². The zero-order valence-electron chi connectivity index (χ0n) is 16.7. The number of halogens is 3. The minimum Gasteiger partial charge on any atom is -0.481 e. The molecule has 5 nitrogen and oxygen atoms in total. The van der Waals surface area contributed by atoms with E-state index in [-0.39, 0.29) is 30.0 Å². The number of hydrogen-bond donors (Lipinski definition) is 0. The number of hydrogen-bond acceptors (Lipinski definition) is 4. The van der Waals surface area contributed by atoms with E-state index < -0.39 is 11.6 Å². The molecule has 8 heteroatoms. The normalized spacial score (nSPS) is 16.4. The fourth-order valence-electron chi connectivity index (χ4n) is 3.67. The van der Waals surface area contributed by atoms with Crippen LogP contribution in [0, 0.1) is 17.5 Å². The number of piperidine rings is 1. The van der Waals surface area contributed by atoms with E-state index in [0.717, 1.165) is 30.5 Å². The summed E-state index contributed by atoms with van der Waals surface area (Å²) in [5, 5.41) is 0. The molecule has 0 radical (unpaired) electrons. The first-order valence-corrected chi connectivity index (χ1v) is 10.0. The van der Waals surface area contributed by atoms with Gasteiger partial charge in [-0.2, -0.15) is 0 Å². The van der Waals surface area contributed by atoms with E-state index in [4.69, 9.17) is 9.15 Å². The SMILES string of the molecule is O=C(COc1ccc(F)cc1F)N1CCC[C@H](c2ncc(Cc3cccc(F)c3)o2)C1. The molecule has 1 fully saturated rings. The molecule has 0 unspecified atom stereocenters. The molecule has 1 saturated heterocycles. The number of aromatic nitrogens is 1. The Morgan fingerprint density at radius 1 is 1.16 bits per heavy atom. The van der Waals surface area contributed by atoms with Crippen LogP contribution in [0.15, 0.2) is 53.1 Å². The van der Waals surface area contributed by atoms with Gasteiger partial charge in [-0.3, -0.25) is 4.79 Å². The van der Waals surface area contributed by atoms with Gasteiger partial charge in [0.25, 0.3) is 5.91 Å². The summed E-state index contributed by atoms with van der Waals surface area (Å²) in [7, 11) is 0. The molecule has 2 heterocycles. The van der Waals surface area contributed by atoms with Crippen molar-refractivity contribution in [3.05, 3.63) is 83.3 Å². The Bertz CT molecular complexity index is 1070. The third kappa shape index (κ3) is 5.25. The second-order valence-electron chi connectivity index (χ2n) is 7.51. The molecule has 0 saturated carbocycles. The van der Waals surface area contributed by atoms with Crippen LogP contribution in [0.3, 0.4) is 0 Å². The number of benzene rings is 2. The van der Waals surface area contributed by atoms with Crippen LogP contribution in [-0.4, -0.2) is 35.5 Å². The highest BCUT2D eigenvalue weighted by Gasteiger charge is 2.28. The summed E-state index contributed by atoms with van der Waals surface area (Å²) in [4.78, 5) is 18.5. The van der Waals surface area contributed by atoms with Gasteiger partial charge in [-0.15, -0.1) is 0 Å². The summed E-state index contributed by atoms with van der Waals surface area (Å²) in [6, 6.07) is 9.24. The topological polar surface area (TPSA) is 55.6 Å². The molecule has 3 aromatic rings. The second-order valence-corrected chi connectivity index (χ2v) is 7.51. The van der Waals surface area contributed by atoms with E-state index in [0.29, 0.717) is 37.2 Å². The van der Waals surface area contributed by atoms with Crippen molar-refractivity contribution >= 4 is 5.91 Å². The Morgan fingerprint density at radius 3 is 2.81 bits per heavy atom. The first-order chi connectivity index (χ1) is 15.0. The van der Waals surface area contributed by atoms with Gasteiger partial charge in [0.05, 0.1) is 12.1 Å². The van der Waals surface area contributed by atoms with Crippen LogP contribution in [-0.2, 0) is 11.2 Å². The Hall–Kier alpha value is -3.29. The summed E-state index contributed by atoms with van der Waals surface area (Å²) in [5.74, 6) is -1.23. The third-order valence-electron chi connectivity index (χ3n) is 5.21. The molecule has 1 aromatic heterocycles. The third-order valence-corrected chi connectivity index (χ3v) is 5.21. The van der Waals surface area contributed by atoms with Gasteiger partial charge in [-0.25, -0.2) is 18.2 Å². The van der Waals surface area contributed by atoms with Crippen molar-refractivity contribution in [1.82, 2.24) is 9.88 Å². The lowest BCUT2D eigenvalue weighted by Crippen LogP contribution is -2.41. The van der Waals surface area contributed by atoms with Crippen molar-refractivity contribution in [2.45, 2.75) is 25.2 Å². The van der Waals surface area contributed by atoms with Gasteiger partial charge in [0.15, 0.2) is 24.1 Å². The number of carbonyl (C=O) groups is 1. The predicted molar refractivity (Wildman–Crippen MR) is 106 cm³/mol. The van der Waals surface area contributed by atoms with E-state index >= 15 is 0 Å². The van der Waals surface area contributed by atoms with Crippen molar-refractivity contribution in [1.29, 1.82) is 0 Å². The van der Waals surface area contributed by atoms with Crippen molar-refractivity contribution in [3.63, 3.8) is 0 Å². The lowest BCUT2D eigenvalue weighted by Gasteiger charge is -2.31. The monoisotopic (exact) mass is 430 g/mol. The van der Waals surface area contributed by atoms with E-state index in [2.05, 4.69) is 4.98 Å². The molecule has 1 atom stereocenters. The lowest BCUT2D eigenvalue weighted by molar-refractivity contribution is -0.134. The average Bonchev–Trinajstić information content (AvgIpc) is 3.21. The number of carbonyl (C=O) groups excluding carboxylic acids is 1. The minimum atomic E-state index is -0.852. The Balaban J connectivity index is 1.35. The van der Waals surface area contributed by atoms with E-state index in [1.54, 1.807) is 17.2 Å². The van der Waals surface area contributed by atoms with Crippen LogP contribution >= 0.6 is 0 Å². The minimum absolute atomic E-state index is 0.0680. The molecule has 1 aliphatic heterocycles. The number of oxazole rings is 1. The average molecular weight is 430 g/mol. The lowest BCUT2D eigenvalue weighted by atomic mass is 9.98. The Labute approximate surface area is 177 Å². The summed E-state index contributed by atoms with van der Waals surface area (Å²) >= 11 is 0. The summed E-state index contributed by atoms with van der Waals surface area (Å²) in [6.07, 6.45) is 3.64.